The van der Waals surface area contributed by atoms with Crippen LogP contribution in [0, 0.1) is 0 Å². The van der Waals surface area contributed by atoms with Gasteiger partial charge in [0.2, 0.25) is 0 Å². The fourth-order valence-electron chi connectivity index (χ4n) is 2.64. The van der Waals surface area contributed by atoms with Gasteiger partial charge in [-0.3, -0.25) is 4.79 Å². The summed E-state index contributed by atoms with van der Waals surface area (Å²) < 4.78 is 0. The number of likely N-dealkylation sites (tertiary alicyclic amines) is 1. The van der Waals surface area contributed by atoms with Crippen LogP contribution in [0.15, 0.2) is 24.3 Å². The molecule has 2 atom stereocenters. The Bertz CT molecular complexity index is 416. The van der Waals surface area contributed by atoms with Gasteiger partial charge in [0.05, 0.1) is 0 Å². The second-order valence-corrected chi connectivity index (χ2v) is 4.93. The number of rotatable bonds is 2. The van der Waals surface area contributed by atoms with Gasteiger partial charge < -0.3 is 15.7 Å². The zero-order chi connectivity index (χ0) is 13.1. The van der Waals surface area contributed by atoms with Crippen LogP contribution >= 0.6 is 0 Å². The first kappa shape index (κ1) is 12.9. The Morgan fingerprint density at radius 2 is 2.06 bits per heavy atom. The third-order valence-electron chi connectivity index (χ3n) is 3.65. The lowest BCUT2D eigenvalue weighted by atomic mass is 9.95. The number of nitrogens with two attached hydrogens (primary N) is 1. The van der Waals surface area contributed by atoms with E-state index in [2.05, 4.69) is 6.92 Å². The number of hydrogen-bond acceptors (Lipinski definition) is 3. The van der Waals surface area contributed by atoms with Gasteiger partial charge in [-0.2, -0.15) is 0 Å². The molecule has 18 heavy (non-hydrogen) atoms. The number of carbonyl (C=O) groups excluding carboxylic acids is 1. The quantitative estimate of drug-likeness (QED) is 0.837. The first-order valence-electron chi connectivity index (χ1n) is 6.45. The van der Waals surface area contributed by atoms with Crippen LogP contribution in [0.3, 0.4) is 0 Å². The molecule has 1 aliphatic rings. The third kappa shape index (κ3) is 2.48. The normalized spacial score (nSPS) is 24.0. The van der Waals surface area contributed by atoms with Gasteiger partial charge in [0, 0.05) is 24.2 Å². The van der Waals surface area contributed by atoms with Crippen molar-refractivity contribution in [3.8, 4) is 5.75 Å². The molecule has 1 aromatic carbocycles. The molecule has 2 rings (SSSR count). The highest BCUT2D eigenvalue weighted by Gasteiger charge is 2.31. The fourth-order valence-corrected chi connectivity index (χ4v) is 2.64. The van der Waals surface area contributed by atoms with Crippen molar-refractivity contribution in [3.63, 3.8) is 0 Å². The lowest BCUT2D eigenvalue weighted by Crippen LogP contribution is -2.51. The molecule has 0 aromatic heterocycles. The van der Waals surface area contributed by atoms with Crippen LogP contribution < -0.4 is 5.73 Å². The van der Waals surface area contributed by atoms with E-state index in [1.165, 1.54) is 0 Å². The predicted molar refractivity (Wildman–Crippen MR) is 70.4 cm³/mol. The number of hydrogen-bond donors (Lipinski definition) is 2. The van der Waals surface area contributed by atoms with E-state index >= 15 is 0 Å². The number of carbonyl (C=O) groups is 1. The Labute approximate surface area is 107 Å². The van der Waals surface area contributed by atoms with Crippen molar-refractivity contribution >= 4 is 5.91 Å². The minimum Gasteiger partial charge on any atom is -0.508 e. The van der Waals surface area contributed by atoms with Crippen LogP contribution in [0.4, 0.5) is 0 Å². The average molecular weight is 248 g/mol. The molecule has 1 amide bonds. The van der Waals surface area contributed by atoms with Crippen molar-refractivity contribution in [2.75, 3.05) is 6.54 Å². The van der Waals surface area contributed by atoms with Crippen LogP contribution in [0.5, 0.6) is 5.75 Å². The first-order valence-corrected chi connectivity index (χ1v) is 6.45. The van der Waals surface area contributed by atoms with Crippen molar-refractivity contribution in [1.82, 2.24) is 4.90 Å². The van der Waals surface area contributed by atoms with Crippen molar-refractivity contribution in [3.05, 3.63) is 29.8 Å². The lowest BCUT2D eigenvalue weighted by molar-refractivity contribution is 0.0494. The Morgan fingerprint density at radius 3 is 2.67 bits per heavy atom. The Morgan fingerprint density at radius 1 is 1.39 bits per heavy atom. The van der Waals surface area contributed by atoms with Gasteiger partial charge >= 0.3 is 0 Å². The summed E-state index contributed by atoms with van der Waals surface area (Å²) in [6, 6.07) is 6.77. The van der Waals surface area contributed by atoms with Crippen LogP contribution in [0.2, 0.25) is 0 Å². The maximum absolute atomic E-state index is 12.5. The van der Waals surface area contributed by atoms with E-state index < -0.39 is 0 Å². The topological polar surface area (TPSA) is 66.6 Å². The van der Waals surface area contributed by atoms with Gasteiger partial charge in [-0.05, 0) is 50.5 Å². The van der Waals surface area contributed by atoms with E-state index in [1.807, 2.05) is 4.90 Å². The largest absolute Gasteiger partial charge is 0.508 e. The molecule has 0 saturated carbocycles. The molecule has 98 valence electrons. The lowest BCUT2D eigenvalue weighted by Gasteiger charge is -2.40. The number of amides is 1. The molecule has 1 heterocycles. The summed E-state index contributed by atoms with van der Waals surface area (Å²) in [4.78, 5) is 14.4. The average Bonchev–Trinajstić information content (AvgIpc) is 2.38. The van der Waals surface area contributed by atoms with E-state index in [0.717, 1.165) is 19.3 Å². The number of nitrogens with zero attached hydrogens (tertiary/aromatic N) is 1. The molecule has 1 aliphatic heterocycles. The molecule has 0 spiro atoms. The first-order chi connectivity index (χ1) is 8.63. The maximum atomic E-state index is 12.5. The highest BCUT2D eigenvalue weighted by atomic mass is 16.3. The fraction of sp³-hybridized carbons (Fsp3) is 0.500. The van der Waals surface area contributed by atoms with Crippen molar-refractivity contribution in [2.45, 2.75) is 38.3 Å². The van der Waals surface area contributed by atoms with Crippen LogP contribution in [0.1, 0.15) is 36.5 Å². The van der Waals surface area contributed by atoms with E-state index in [1.54, 1.807) is 24.3 Å². The Kier molecular flexibility index (Phi) is 3.87. The molecule has 0 radical (unpaired) electrons. The molecular formula is C14H20N2O2. The summed E-state index contributed by atoms with van der Waals surface area (Å²) in [6.45, 7) is 2.58. The van der Waals surface area contributed by atoms with Crippen molar-refractivity contribution < 1.29 is 9.90 Å². The second kappa shape index (κ2) is 5.40. The van der Waals surface area contributed by atoms with Crippen LogP contribution in [-0.4, -0.2) is 34.5 Å². The standard InChI is InChI=1S/C14H20N2O2/c1-10-3-2-4-12(9-15)16(10)14(18)11-5-7-13(17)8-6-11/h5-8,10,12,17H,2-4,9,15H2,1H3. The molecule has 2 unspecified atom stereocenters. The van der Waals surface area contributed by atoms with Gasteiger partial charge in [-0.1, -0.05) is 0 Å². The molecule has 4 nitrogen and oxygen atoms in total. The summed E-state index contributed by atoms with van der Waals surface area (Å²) in [5.74, 6) is 0.186. The molecule has 0 bridgehead atoms. The predicted octanol–water partition coefficient (Wildman–Crippen LogP) is 1.73. The van der Waals surface area contributed by atoms with E-state index in [-0.39, 0.29) is 23.7 Å². The highest BCUT2D eigenvalue weighted by molar-refractivity contribution is 5.94. The van der Waals surface area contributed by atoms with Crippen molar-refractivity contribution in [2.24, 2.45) is 5.73 Å². The summed E-state index contributed by atoms with van der Waals surface area (Å²) in [6.07, 6.45) is 3.13. The van der Waals surface area contributed by atoms with E-state index in [4.69, 9.17) is 5.73 Å². The van der Waals surface area contributed by atoms with Crippen LogP contribution in [0.25, 0.3) is 0 Å². The second-order valence-electron chi connectivity index (χ2n) is 4.93. The van der Waals surface area contributed by atoms with E-state index in [0.29, 0.717) is 12.1 Å². The zero-order valence-corrected chi connectivity index (χ0v) is 10.7. The van der Waals surface area contributed by atoms with Crippen LogP contribution in [-0.2, 0) is 0 Å². The van der Waals surface area contributed by atoms with Gasteiger partial charge in [0.1, 0.15) is 5.75 Å². The SMILES string of the molecule is CC1CCCC(CN)N1C(=O)c1ccc(O)cc1. The van der Waals surface area contributed by atoms with Gasteiger partial charge in [0.15, 0.2) is 0 Å². The number of aromatic hydroxyl groups is 1. The zero-order valence-electron chi connectivity index (χ0n) is 10.7. The number of phenols is 1. The molecule has 4 heteroatoms. The molecular weight excluding hydrogens is 228 g/mol. The number of phenolic OH excluding ortho intramolecular Hbond substituents is 1. The monoisotopic (exact) mass is 248 g/mol. The highest BCUT2D eigenvalue weighted by Crippen LogP contribution is 2.24. The number of piperidine rings is 1. The molecule has 0 aliphatic carbocycles. The van der Waals surface area contributed by atoms with E-state index in [9.17, 15) is 9.90 Å². The minimum atomic E-state index is 0.0117. The Hall–Kier alpha value is -1.55. The molecule has 3 N–H and O–H groups in total. The number of benzene rings is 1. The summed E-state index contributed by atoms with van der Waals surface area (Å²) in [5, 5.41) is 9.25. The summed E-state index contributed by atoms with van der Waals surface area (Å²) >= 11 is 0. The van der Waals surface area contributed by atoms with Gasteiger partial charge in [0.25, 0.3) is 5.91 Å². The smallest absolute Gasteiger partial charge is 0.254 e. The molecule has 1 aromatic rings. The Balaban J connectivity index is 2.22. The summed E-state index contributed by atoms with van der Waals surface area (Å²) in [7, 11) is 0. The third-order valence-corrected chi connectivity index (χ3v) is 3.65. The molecule has 1 saturated heterocycles. The molecule has 1 fully saturated rings. The minimum absolute atomic E-state index is 0.0117. The maximum Gasteiger partial charge on any atom is 0.254 e. The summed E-state index contributed by atoms with van der Waals surface area (Å²) in [5.41, 5.74) is 6.37. The van der Waals surface area contributed by atoms with Gasteiger partial charge in [-0.25, -0.2) is 0 Å². The van der Waals surface area contributed by atoms with Crippen molar-refractivity contribution in [1.29, 1.82) is 0 Å². The van der Waals surface area contributed by atoms with Gasteiger partial charge in [-0.15, -0.1) is 0 Å².